The zero-order valence-corrected chi connectivity index (χ0v) is 25.8. The average Bonchev–Trinajstić information content (AvgIpc) is 2.89. The van der Waals surface area contributed by atoms with E-state index >= 15 is 0 Å². The van der Waals surface area contributed by atoms with Gasteiger partial charge in [0.2, 0.25) is 5.91 Å². The highest BCUT2D eigenvalue weighted by atomic mass is 16.4. The molecule has 38 heavy (non-hydrogen) atoms. The number of aliphatic carboxylic acids is 1. The molecule has 0 aromatic carbocycles. The molecule has 0 fully saturated rings. The van der Waals surface area contributed by atoms with Crippen molar-refractivity contribution in [3.8, 4) is 0 Å². The number of nitrogens with one attached hydrogen (secondary N) is 1. The first kappa shape index (κ1) is 36.9. The molecule has 0 radical (unpaired) electrons. The molecule has 0 aliphatic heterocycles. The maximum absolute atomic E-state index is 12.4. The van der Waals surface area contributed by atoms with Crippen LogP contribution in [0.4, 0.5) is 0 Å². The van der Waals surface area contributed by atoms with Crippen molar-refractivity contribution in [1.82, 2.24) is 5.32 Å². The number of amides is 1. The van der Waals surface area contributed by atoms with Crippen molar-refractivity contribution < 1.29 is 14.7 Å². The highest BCUT2D eigenvalue weighted by Gasteiger charge is 2.15. The van der Waals surface area contributed by atoms with Gasteiger partial charge in [0, 0.05) is 12.5 Å². The Morgan fingerprint density at radius 3 is 1.16 bits per heavy atom. The summed E-state index contributed by atoms with van der Waals surface area (Å²) in [5.41, 5.74) is 0. The SMILES string of the molecule is CCCCCCCCCCCCCCCC(=O)NC(CCCCCCCCCCCCCCC)CC(=O)O. The van der Waals surface area contributed by atoms with Gasteiger partial charge in [0.05, 0.1) is 6.42 Å². The van der Waals surface area contributed by atoms with Crippen molar-refractivity contribution >= 4 is 11.9 Å². The molecule has 4 nitrogen and oxygen atoms in total. The Balaban J connectivity index is 3.65. The molecule has 0 spiro atoms. The molecule has 0 bridgehead atoms. The van der Waals surface area contributed by atoms with Crippen molar-refractivity contribution in [3.63, 3.8) is 0 Å². The summed E-state index contributed by atoms with van der Waals surface area (Å²) in [7, 11) is 0. The Morgan fingerprint density at radius 1 is 0.500 bits per heavy atom. The Hall–Kier alpha value is -1.06. The van der Waals surface area contributed by atoms with E-state index in [9.17, 15) is 14.7 Å². The maximum atomic E-state index is 12.4. The van der Waals surface area contributed by atoms with Gasteiger partial charge in [0.25, 0.3) is 0 Å². The molecule has 0 aliphatic rings. The van der Waals surface area contributed by atoms with Crippen molar-refractivity contribution in [2.45, 2.75) is 206 Å². The van der Waals surface area contributed by atoms with E-state index in [0.717, 1.165) is 32.1 Å². The van der Waals surface area contributed by atoms with Crippen LogP contribution in [0.5, 0.6) is 0 Å². The number of carboxylic acid groups (broad SMARTS) is 1. The number of rotatable bonds is 31. The van der Waals surface area contributed by atoms with E-state index in [-0.39, 0.29) is 18.4 Å². The van der Waals surface area contributed by atoms with Crippen LogP contribution in [-0.2, 0) is 9.59 Å². The van der Waals surface area contributed by atoms with Gasteiger partial charge in [-0.05, 0) is 12.8 Å². The predicted molar refractivity (Wildman–Crippen MR) is 165 cm³/mol. The third-order valence-electron chi connectivity index (χ3n) is 7.95. The zero-order valence-electron chi connectivity index (χ0n) is 25.8. The highest BCUT2D eigenvalue weighted by Crippen LogP contribution is 2.15. The number of carbonyl (C=O) groups excluding carboxylic acids is 1. The lowest BCUT2D eigenvalue weighted by Gasteiger charge is -2.17. The average molecular weight is 538 g/mol. The summed E-state index contributed by atoms with van der Waals surface area (Å²) in [6.45, 7) is 4.54. The topological polar surface area (TPSA) is 66.4 Å². The molecule has 4 heteroatoms. The zero-order chi connectivity index (χ0) is 27.9. The molecule has 0 aromatic heterocycles. The summed E-state index contributed by atoms with van der Waals surface area (Å²) in [5.74, 6) is -0.778. The first-order chi connectivity index (χ1) is 18.6. The highest BCUT2D eigenvalue weighted by molar-refractivity contribution is 5.77. The molecule has 1 unspecified atom stereocenters. The fourth-order valence-electron chi connectivity index (χ4n) is 5.45. The minimum atomic E-state index is -0.814. The fraction of sp³-hybridized carbons (Fsp3) is 0.941. The van der Waals surface area contributed by atoms with E-state index in [0.29, 0.717) is 6.42 Å². The van der Waals surface area contributed by atoms with Crippen LogP contribution in [-0.4, -0.2) is 23.0 Å². The number of hydrogen-bond acceptors (Lipinski definition) is 2. The van der Waals surface area contributed by atoms with Gasteiger partial charge < -0.3 is 10.4 Å². The summed E-state index contributed by atoms with van der Waals surface area (Å²) in [6.07, 6.45) is 35.2. The van der Waals surface area contributed by atoms with Crippen molar-refractivity contribution in [2.24, 2.45) is 0 Å². The summed E-state index contributed by atoms with van der Waals surface area (Å²) in [4.78, 5) is 23.6. The van der Waals surface area contributed by atoms with E-state index in [1.165, 1.54) is 141 Å². The number of carboxylic acids is 1. The van der Waals surface area contributed by atoms with Gasteiger partial charge >= 0.3 is 5.97 Å². The van der Waals surface area contributed by atoms with E-state index in [4.69, 9.17) is 0 Å². The van der Waals surface area contributed by atoms with E-state index in [1.807, 2.05) is 0 Å². The fourth-order valence-corrected chi connectivity index (χ4v) is 5.45. The molecule has 0 rings (SSSR count). The molecule has 0 aliphatic carbocycles. The first-order valence-corrected chi connectivity index (χ1v) is 17.1. The van der Waals surface area contributed by atoms with Gasteiger partial charge in [-0.15, -0.1) is 0 Å². The van der Waals surface area contributed by atoms with Crippen LogP contribution in [0.3, 0.4) is 0 Å². The molecule has 0 saturated carbocycles. The lowest BCUT2D eigenvalue weighted by Crippen LogP contribution is -2.36. The summed E-state index contributed by atoms with van der Waals surface area (Å²) in [6, 6.07) is -0.213. The molecular formula is C34H67NO3. The van der Waals surface area contributed by atoms with Gasteiger partial charge in [0.15, 0.2) is 0 Å². The predicted octanol–water partition coefficient (Wildman–Crippen LogP) is 10.9. The summed E-state index contributed by atoms with van der Waals surface area (Å²) in [5, 5.41) is 12.3. The largest absolute Gasteiger partial charge is 0.481 e. The third kappa shape index (κ3) is 29.5. The van der Waals surface area contributed by atoms with Crippen LogP contribution < -0.4 is 5.32 Å². The van der Waals surface area contributed by atoms with Crippen LogP contribution >= 0.6 is 0 Å². The van der Waals surface area contributed by atoms with Crippen molar-refractivity contribution in [1.29, 1.82) is 0 Å². The Labute approximate surface area is 237 Å². The van der Waals surface area contributed by atoms with Crippen LogP contribution in [0.1, 0.15) is 200 Å². The van der Waals surface area contributed by atoms with Gasteiger partial charge in [-0.3, -0.25) is 9.59 Å². The van der Waals surface area contributed by atoms with Crippen LogP contribution in [0.25, 0.3) is 0 Å². The third-order valence-corrected chi connectivity index (χ3v) is 7.95. The Kier molecular flexibility index (Phi) is 29.6. The van der Waals surface area contributed by atoms with Crippen LogP contribution in [0, 0.1) is 0 Å². The molecule has 0 aromatic rings. The molecule has 2 N–H and O–H groups in total. The van der Waals surface area contributed by atoms with Crippen LogP contribution in [0.2, 0.25) is 0 Å². The Bertz CT molecular complexity index is 508. The second kappa shape index (κ2) is 30.5. The maximum Gasteiger partial charge on any atom is 0.305 e. The first-order valence-electron chi connectivity index (χ1n) is 17.1. The molecule has 226 valence electrons. The molecule has 1 atom stereocenters. The molecular weight excluding hydrogens is 470 g/mol. The van der Waals surface area contributed by atoms with Crippen LogP contribution in [0.15, 0.2) is 0 Å². The van der Waals surface area contributed by atoms with Crippen molar-refractivity contribution in [3.05, 3.63) is 0 Å². The lowest BCUT2D eigenvalue weighted by atomic mass is 10.0. The quantitative estimate of drug-likeness (QED) is 0.0864. The number of unbranched alkanes of at least 4 members (excludes halogenated alkanes) is 24. The standard InChI is InChI=1S/C34H67NO3/c1-3-5-7-9-11-13-15-17-19-21-23-25-27-29-32(31-34(37)38)35-33(36)30-28-26-24-22-20-18-16-14-12-10-8-6-4-2/h32H,3-31H2,1-2H3,(H,35,36)(H,37,38). The molecule has 0 saturated heterocycles. The monoisotopic (exact) mass is 538 g/mol. The minimum Gasteiger partial charge on any atom is -0.481 e. The number of hydrogen-bond donors (Lipinski definition) is 2. The van der Waals surface area contributed by atoms with Crippen molar-refractivity contribution in [2.75, 3.05) is 0 Å². The van der Waals surface area contributed by atoms with Gasteiger partial charge in [-0.2, -0.15) is 0 Å². The Morgan fingerprint density at radius 2 is 0.816 bits per heavy atom. The van der Waals surface area contributed by atoms with Gasteiger partial charge in [0.1, 0.15) is 0 Å². The second-order valence-electron chi connectivity index (χ2n) is 11.9. The van der Waals surface area contributed by atoms with E-state index < -0.39 is 5.97 Å². The lowest BCUT2D eigenvalue weighted by molar-refractivity contribution is -0.137. The molecule has 1 amide bonds. The van der Waals surface area contributed by atoms with E-state index in [1.54, 1.807) is 0 Å². The second-order valence-corrected chi connectivity index (χ2v) is 11.9. The summed E-state index contributed by atoms with van der Waals surface area (Å²) < 4.78 is 0. The van der Waals surface area contributed by atoms with Gasteiger partial charge in [-0.25, -0.2) is 0 Å². The minimum absolute atomic E-state index is 0.0361. The van der Waals surface area contributed by atoms with E-state index in [2.05, 4.69) is 19.2 Å². The summed E-state index contributed by atoms with van der Waals surface area (Å²) >= 11 is 0. The normalized spacial score (nSPS) is 12.1. The smallest absolute Gasteiger partial charge is 0.305 e. The number of carbonyl (C=O) groups is 2. The van der Waals surface area contributed by atoms with Gasteiger partial charge in [-0.1, -0.05) is 174 Å². The molecule has 0 heterocycles.